The van der Waals surface area contributed by atoms with E-state index in [1.54, 1.807) is 0 Å². The lowest BCUT2D eigenvalue weighted by Gasteiger charge is -2.16. The number of aromatic nitrogens is 3. The van der Waals surface area contributed by atoms with Crippen LogP contribution >= 0.6 is 11.8 Å². The van der Waals surface area contributed by atoms with Crippen molar-refractivity contribution in [2.24, 2.45) is 0 Å². The third-order valence-electron chi connectivity index (χ3n) is 4.26. The summed E-state index contributed by atoms with van der Waals surface area (Å²) < 4.78 is 0. The number of carbonyl (C=O) groups excluding carboxylic acids is 1. The molecule has 5 nitrogen and oxygen atoms in total. The second-order valence-electron chi connectivity index (χ2n) is 6.53. The van der Waals surface area contributed by atoms with Crippen molar-refractivity contribution < 1.29 is 4.79 Å². The lowest BCUT2D eigenvalue weighted by atomic mass is 10.1. The van der Waals surface area contributed by atoms with Crippen LogP contribution in [0.1, 0.15) is 25.8 Å². The second-order valence-corrected chi connectivity index (χ2v) is 7.83. The van der Waals surface area contributed by atoms with Crippen LogP contribution in [0.25, 0.3) is 11.4 Å². The van der Waals surface area contributed by atoms with E-state index in [2.05, 4.69) is 32.6 Å². The van der Waals surface area contributed by atoms with Gasteiger partial charge in [0.1, 0.15) is 0 Å². The standard InChI is InChI=1S/C21H24N4OS/c1-15(13-14-17-9-5-3-6-10-17)22-20(26)16(2)27-21-23-19(24-25-21)18-11-7-4-8-12-18/h3-12,15-16H,13-14H2,1-2H3,(H,22,26)(H,23,24,25). The highest BCUT2D eigenvalue weighted by Gasteiger charge is 2.19. The number of nitrogens with one attached hydrogen (secondary N) is 2. The summed E-state index contributed by atoms with van der Waals surface area (Å²) in [6.45, 7) is 3.92. The van der Waals surface area contributed by atoms with Crippen molar-refractivity contribution in [1.82, 2.24) is 20.5 Å². The number of hydrogen-bond acceptors (Lipinski definition) is 4. The van der Waals surface area contributed by atoms with Gasteiger partial charge in [-0.2, -0.15) is 0 Å². The molecule has 2 atom stereocenters. The van der Waals surface area contributed by atoms with Crippen molar-refractivity contribution in [3.05, 3.63) is 66.2 Å². The molecule has 27 heavy (non-hydrogen) atoms. The monoisotopic (exact) mass is 380 g/mol. The highest BCUT2D eigenvalue weighted by Crippen LogP contribution is 2.22. The average Bonchev–Trinajstić information content (AvgIpc) is 3.16. The molecule has 140 valence electrons. The van der Waals surface area contributed by atoms with Crippen molar-refractivity contribution in [3.8, 4) is 11.4 Å². The topological polar surface area (TPSA) is 70.7 Å². The minimum atomic E-state index is -0.261. The predicted octanol–water partition coefficient (Wildman–Crippen LogP) is 4.09. The Hall–Kier alpha value is -2.60. The number of rotatable bonds is 8. The zero-order valence-corrected chi connectivity index (χ0v) is 16.4. The molecule has 2 aromatic carbocycles. The number of amides is 1. The van der Waals surface area contributed by atoms with Gasteiger partial charge in [0, 0.05) is 11.6 Å². The molecule has 3 rings (SSSR count). The van der Waals surface area contributed by atoms with Crippen LogP contribution in [0.2, 0.25) is 0 Å². The van der Waals surface area contributed by atoms with Crippen LogP contribution in [0.15, 0.2) is 65.8 Å². The van der Waals surface area contributed by atoms with Crippen LogP contribution in [0.5, 0.6) is 0 Å². The van der Waals surface area contributed by atoms with Crippen molar-refractivity contribution in [2.75, 3.05) is 0 Å². The Morgan fingerprint density at radius 3 is 2.44 bits per heavy atom. The molecule has 3 aromatic rings. The largest absolute Gasteiger partial charge is 0.353 e. The van der Waals surface area contributed by atoms with Gasteiger partial charge in [-0.3, -0.25) is 9.89 Å². The van der Waals surface area contributed by atoms with Crippen LogP contribution in [0.4, 0.5) is 0 Å². The Balaban J connectivity index is 1.48. The SMILES string of the molecule is CC(CCc1ccccc1)NC(=O)C(C)Sc1n[nH]c(-c2ccccc2)n1. The summed E-state index contributed by atoms with van der Waals surface area (Å²) in [6.07, 6.45) is 1.86. The number of carbonyl (C=O) groups is 1. The molecule has 0 saturated carbocycles. The smallest absolute Gasteiger partial charge is 0.233 e. The lowest BCUT2D eigenvalue weighted by molar-refractivity contribution is -0.120. The van der Waals surface area contributed by atoms with Crippen LogP contribution in [-0.2, 0) is 11.2 Å². The first-order chi connectivity index (χ1) is 13.1. The van der Waals surface area contributed by atoms with Crippen molar-refractivity contribution >= 4 is 17.7 Å². The predicted molar refractivity (Wildman–Crippen MR) is 110 cm³/mol. The van der Waals surface area contributed by atoms with Crippen LogP contribution in [0, 0.1) is 0 Å². The summed E-state index contributed by atoms with van der Waals surface area (Å²) in [7, 11) is 0. The Bertz CT molecular complexity index is 851. The van der Waals surface area contributed by atoms with Gasteiger partial charge in [-0.1, -0.05) is 72.4 Å². The van der Waals surface area contributed by atoms with Crippen LogP contribution in [0.3, 0.4) is 0 Å². The van der Waals surface area contributed by atoms with E-state index in [1.807, 2.05) is 62.4 Å². The quantitative estimate of drug-likeness (QED) is 0.578. The molecule has 0 aliphatic carbocycles. The maximum absolute atomic E-state index is 12.4. The zero-order chi connectivity index (χ0) is 19.1. The van der Waals surface area contributed by atoms with Gasteiger partial charge in [0.2, 0.25) is 11.1 Å². The van der Waals surface area contributed by atoms with E-state index < -0.39 is 0 Å². The van der Waals surface area contributed by atoms with E-state index in [-0.39, 0.29) is 17.2 Å². The summed E-state index contributed by atoms with van der Waals surface area (Å²) >= 11 is 1.36. The van der Waals surface area contributed by atoms with Gasteiger partial charge in [0.05, 0.1) is 5.25 Å². The van der Waals surface area contributed by atoms with E-state index in [0.29, 0.717) is 11.0 Å². The highest BCUT2D eigenvalue weighted by atomic mass is 32.2. The second kappa shape index (κ2) is 9.37. The zero-order valence-electron chi connectivity index (χ0n) is 15.6. The molecule has 1 aromatic heterocycles. The summed E-state index contributed by atoms with van der Waals surface area (Å²) in [5.74, 6) is 0.716. The summed E-state index contributed by atoms with van der Waals surface area (Å²) in [5, 5.41) is 10.5. The molecule has 0 saturated heterocycles. The van der Waals surface area contributed by atoms with Gasteiger partial charge < -0.3 is 5.32 Å². The molecule has 2 N–H and O–H groups in total. The molecule has 0 bridgehead atoms. The third kappa shape index (κ3) is 5.69. The first-order valence-corrected chi connectivity index (χ1v) is 9.98. The number of thioether (sulfide) groups is 1. The van der Waals surface area contributed by atoms with Crippen LogP contribution < -0.4 is 5.32 Å². The number of aryl methyl sites for hydroxylation is 1. The molecule has 1 amide bonds. The van der Waals surface area contributed by atoms with E-state index in [0.717, 1.165) is 18.4 Å². The maximum Gasteiger partial charge on any atom is 0.233 e. The van der Waals surface area contributed by atoms with Gasteiger partial charge in [-0.15, -0.1) is 5.10 Å². The Morgan fingerprint density at radius 1 is 1.07 bits per heavy atom. The van der Waals surface area contributed by atoms with Gasteiger partial charge in [0.25, 0.3) is 0 Å². The van der Waals surface area contributed by atoms with Crippen LogP contribution in [-0.4, -0.2) is 32.4 Å². The number of nitrogens with zero attached hydrogens (tertiary/aromatic N) is 2. The molecule has 0 aliphatic rings. The molecule has 0 fully saturated rings. The first kappa shape index (κ1) is 19.2. The molecule has 0 spiro atoms. The Morgan fingerprint density at radius 2 is 1.74 bits per heavy atom. The highest BCUT2D eigenvalue weighted by molar-refractivity contribution is 8.00. The normalized spacial score (nSPS) is 13.1. The summed E-state index contributed by atoms with van der Waals surface area (Å²) in [5.41, 5.74) is 2.26. The van der Waals surface area contributed by atoms with Crippen molar-refractivity contribution in [2.45, 2.75) is 43.1 Å². The number of hydrogen-bond donors (Lipinski definition) is 2. The van der Waals surface area contributed by atoms with E-state index in [9.17, 15) is 4.79 Å². The summed E-state index contributed by atoms with van der Waals surface area (Å²) in [6, 6.07) is 20.2. The maximum atomic E-state index is 12.4. The number of H-pyrrole nitrogens is 1. The molecule has 0 aliphatic heterocycles. The molecule has 1 heterocycles. The first-order valence-electron chi connectivity index (χ1n) is 9.10. The molecule has 0 radical (unpaired) electrons. The molecular weight excluding hydrogens is 356 g/mol. The van der Waals surface area contributed by atoms with E-state index in [1.165, 1.54) is 17.3 Å². The number of benzene rings is 2. The van der Waals surface area contributed by atoms with Gasteiger partial charge in [0.15, 0.2) is 5.82 Å². The minimum absolute atomic E-state index is 0.00613. The van der Waals surface area contributed by atoms with Gasteiger partial charge in [-0.25, -0.2) is 4.98 Å². The fourth-order valence-corrected chi connectivity index (χ4v) is 3.43. The van der Waals surface area contributed by atoms with Crippen molar-refractivity contribution in [3.63, 3.8) is 0 Å². The Labute approximate surface area is 164 Å². The molecular formula is C21H24N4OS. The lowest BCUT2D eigenvalue weighted by Crippen LogP contribution is -2.37. The van der Waals surface area contributed by atoms with E-state index >= 15 is 0 Å². The minimum Gasteiger partial charge on any atom is -0.353 e. The Kier molecular flexibility index (Phi) is 6.65. The third-order valence-corrected chi connectivity index (χ3v) is 5.22. The average molecular weight is 381 g/mol. The van der Waals surface area contributed by atoms with Gasteiger partial charge in [-0.05, 0) is 32.3 Å². The fourth-order valence-electron chi connectivity index (χ4n) is 2.70. The molecule has 6 heteroatoms. The van der Waals surface area contributed by atoms with Crippen molar-refractivity contribution in [1.29, 1.82) is 0 Å². The van der Waals surface area contributed by atoms with Gasteiger partial charge >= 0.3 is 0 Å². The fraction of sp³-hybridized carbons (Fsp3) is 0.286. The van der Waals surface area contributed by atoms with E-state index in [4.69, 9.17) is 0 Å². The molecule has 2 unspecified atom stereocenters. The summed E-state index contributed by atoms with van der Waals surface area (Å²) in [4.78, 5) is 16.9. The number of aromatic amines is 1.